The lowest BCUT2D eigenvalue weighted by Crippen LogP contribution is -2.49. The molecule has 1 aromatic rings. The van der Waals surface area contributed by atoms with Crippen LogP contribution >= 0.6 is 0 Å². The van der Waals surface area contributed by atoms with E-state index in [-0.39, 0.29) is 11.8 Å². The molecule has 1 unspecified atom stereocenters. The molecule has 2 rings (SSSR count). The van der Waals surface area contributed by atoms with Gasteiger partial charge in [-0.2, -0.15) is 0 Å². The van der Waals surface area contributed by atoms with E-state index in [1.54, 1.807) is 0 Å². The van der Waals surface area contributed by atoms with E-state index in [4.69, 9.17) is 11.5 Å². The monoisotopic (exact) mass is 218 g/mol. The molecule has 0 aromatic heterocycles. The number of rotatable bonds is 4. The molecule has 3 heteroatoms. The van der Waals surface area contributed by atoms with Crippen LogP contribution in [0.15, 0.2) is 30.3 Å². The fraction of sp³-hybridized carbons (Fsp3) is 0.462. The third-order valence-electron chi connectivity index (χ3n) is 3.84. The summed E-state index contributed by atoms with van der Waals surface area (Å²) in [5.74, 6) is -0.127. The Hall–Kier alpha value is -1.35. The van der Waals surface area contributed by atoms with Gasteiger partial charge in [0.05, 0.1) is 5.41 Å². The van der Waals surface area contributed by atoms with E-state index in [1.165, 1.54) is 0 Å². The van der Waals surface area contributed by atoms with Gasteiger partial charge >= 0.3 is 0 Å². The Labute approximate surface area is 95.8 Å². The molecule has 1 aliphatic rings. The van der Waals surface area contributed by atoms with E-state index in [1.807, 2.05) is 30.3 Å². The Balaban J connectivity index is 2.32. The minimum atomic E-state index is -0.393. The molecule has 3 nitrogen and oxygen atoms in total. The first kappa shape index (κ1) is 11.1. The molecule has 4 N–H and O–H groups in total. The molecule has 0 bridgehead atoms. The zero-order chi connectivity index (χ0) is 11.6. The van der Waals surface area contributed by atoms with Crippen molar-refractivity contribution in [3.8, 4) is 0 Å². The van der Waals surface area contributed by atoms with Gasteiger partial charge in [-0.05, 0) is 18.4 Å². The highest BCUT2D eigenvalue weighted by molar-refractivity contribution is 5.83. The van der Waals surface area contributed by atoms with Crippen LogP contribution in [-0.4, -0.2) is 12.5 Å². The standard InChI is InChI=1S/C13H18N2O/c14-9-11(10-5-2-1-3-6-10)13(12(15)16)7-4-8-13/h1-3,5-6,11H,4,7-9,14H2,(H2,15,16). The summed E-state index contributed by atoms with van der Waals surface area (Å²) in [5, 5.41) is 0. The van der Waals surface area contributed by atoms with Crippen molar-refractivity contribution in [1.29, 1.82) is 0 Å². The summed E-state index contributed by atoms with van der Waals surface area (Å²) in [4.78, 5) is 11.6. The van der Waals surface area contributed by atoms with Crippen LogP contribution in [0.2, 0.25) is 0 Å². The van der Waals surface area contributed by atoms with E-state index in [0.717, 1.165) is 24.8 Å². The molecule has 1 aromatic carbocycles. The van der Waals surface area contributed by atoms with Gasteiger partial charge in [0.1, 0.15) is 0 Å². The lowest BCUT2D eigenvalue weighted by atomic mass is 9.59. The first-order valence-electron chi connectivity index (χ1n) is 5.75. The first-order valence-corrected chi connectivity index (χ1v) is 5.75. The van der Waals surface area contributed by atoms with E-state index in [0.29, 0.717) is 6.54 Å². The molecule has 0 radical (unpaired) electrons. The molecule has 1 saturated carbocycles. The molecule has 86 valence electrons. The Morgan fingerprint density at radius 3 is 2.31 bits per heavy atom. The Kier molecular flexibility index (Phi) is 2.97. The van der Waals surface area contributed by atoms with Crippen LogP contribution in [0.25, 0.3) is 0 Å². The summed E-state index contributed by atoms with van der Waals surface area (Å²) in [6.45, 7) is 0.479. The van der Waals surface area contributed by atoms with Crippen molar-refractivity contribution < 1.29 is 4.79 Å². The highest BCUT2D eigenvalue weighted by Gasteiger charge is 2.48. The molecule has 0 saturated heterocycles. The van der Waals surface area contributed by atoms with Gasteiger partial charge in [0, 0.05) is 12.5 Å². The maximum absolute atomic E-state index is 11.6. The minimum absolute atomic E-state index is 0.0694. The van der Waals surface area contributed by atoms with Crippen molar-refractivity contribution >= 4 is 5.91 Å². The Bertz CT molecular complexity index is 371. The Morgan fingerprint density at radius 1 is 1.31 bits per heavy atom. The normalized spacial score (nSPS) is 19.8. The highest BCUT2D eigenvalue weighted by atomic mass is 16.1. The number of carbonyl (C=O) groups excluding carboxylic acids is 1. The van der Waals surface area contributed by atoms with Gasteiger partial charge < -0.3 is 11.5 Å². The van der Waals surface area contributed by atoms with Crippen molar-refractivity contribution in [2.75, 3.05) is 6.54 Å². The molecule has 1 aliphatic carbocycles. The second-order valence-corrected chi connectivity index (χ2v) is 4.57. The summed E-state index contributed by atoms with van der Waals surface area (Å²) in [6.07, 6.45) is 2.82. The second kappa shape index (κ2) is 4.26. The van der Waals surface area contributed by atoms with Crippen LogP contribution in [0.1, 0.15) is 30.7 Å². The van der Waals surface area contributed by atoms with Gasteiger partial charge in [-0.25, -0.2) is 0 Å². The molecule has 1 atom stereocenters. The van der Waals surface area contributed by atoms with Gasteiger partial charge in [0.15, 0.2) is 0 Å². The average molecular weight is 218 g/mol. The fourth-order valence-electron chi connectivity index (χ4n) is 2.69. The van der Waals surface area contributed by atoms with Crippen molar-refractivity contribution in [1.82, 2.24) is 0 Å². The van der Waals surface area contributed by atoms with Crippen LogP contribution in [0.3, 0.4) is 0 Å². The number of carbonyl (C=O) groups is 1. The molecule has 16 heavy (non-hydrogen) atoms. The van der Waals surface area contributed by atoms with Crippen molar-refractivity contribution in [2.24, 2.45) is 16.9 Å². The molecular formula is C13H18N2O. The van der Waals surface area contributed by atoms with E-state index in [9.17, 15) is 4.79 Å². The Morgan fingerprint density at radius 2 is 1.94 bits per heavy atom. The van der Waals surface area contributed by atoms with Crippen molar-refractivity contribution in [3.05, 3.63) is 35.9 Å². The number of benzene rings is 1. The summed E-state index contributed by atoms with van der Waals surface area (Å²) < 4.78 is 0. The zero-order valence-electron chi connectivity index (χ0n) is 9.36. The van der Waals surface area contributed by atoms with Gasteiger partial charge in [0.2, 0.25) is 5.91 Å². The van der Waals surface area contributed by atoms with Gasteiger partial charge in [-0.1, -0.05) is 36.8 Å². The molecular weight excluding hydrogens is 200 g/mol. The smallest absolute Gasteiger partial charge is 0.224 e. The summed E-state index contributed by atoms with van der Waals surface area (Å²) in [5.41, 5.74) is 12.1. The maximum Gasteiger partial charge on any atom is 0.224 e. The minimum Gasteiger partial charge on any atom is -0.369 e. The number of primary amides is 1. The van der Waals surface area contributed by atoms with Crippen LogP contribution in [0.4, 0.5) is 0 Å². The van der Waals surface area contributed by atoms with Gasteiger partial charge in [-0.15, -0.1) is 0 Å². The van der Waals surface area contributed by atoms with Crippen LogP contribution in [0.5, 0.6) is 0 Å². The van der Waals surface area contributed by atoms with Crippen LogP contribution in [-0.2, 0) is 4.79 Å². The number of amides is 1. The number of nitrogens with two attached hydrogens (primary N) is 2. The predicted molar refractivity (Wildman–Crippen MR) is 63.7 cm³/mol. The topological polar surface area (TPSA) is 69.1 Å². The summed E-state index contributed by atoms with van der Waals surface area (Å²) in [7, 11) is 0. The summed E-state index contributed by atoms with van der Waals surface area (Å²) in [6, 6.07) is 9.98. The van der Waals surface area contributed by atoms with Crippen LogP contribution in [0, 0.1) is 5.41 Å². The molecule has 0 heterocycles. The molecule has 1 amide bonds. The fourth-order valence-corrected chi connectivity index (χ4v) is 2.69. The maximum atomic E-state index is 11.6. The molecule has 0 aliphatic heterocycles. The second-order valence-electron chi connectivity index (χ2n) is 4.57. The lowest BCUT2D eigenvalue weighted by molar-refractivity contribution is -0.134. The third kappa shape index (κ3) is 1.61. The number of hydrogen-bond acceptors (Lipinski definition) is 2. The van der Waals surface area contributed by atoms with E-state index in [2.05, 4.69) is 0 Å². The molecule has 1 fully saturated rings. The predicted octanol–water partition coefficient (Wildman–Crippen LogP) is 1.38. The van der Waals surface area contributed by atoms with Gasteiger partial charge in [0.25, 0.3) is 0 Å². The quantitative estimate of drug-likeness (QED) is 0.801. The third-order valence-corrected chi connectivity index (χ3v) is 3.84. The van der Waals surface area contributed by atoms with Gasteiger partial charge in [-0.3, -0.25) is 4.79 Å². The lowest BCUT2D eigenvalue weighted by Gasteiger charge is -2.45. The first-order chi connectivity index (χ1) is 7.70. The van der Waals surface area contributed by atoms with Crippen LogP contribution < -0.4 is 11.5 Å². The van der Waals surface area contributed by atoms with Crippen molar-refractivity contribution in [3.63, 3.8) is 0 Å². The largest absolute Gasteiger partial charge is 0.369 e. The average Bonchev–Trinajstić information content (AvgIpc) is 2.23. The highest BCUT2D eigenvalue weighted by Crippen LogP contribution is 2.50. The van der Waals surface area contributed by atoms with E-state index >= 15 is 0 Å². The van der Waals surface area contributed by atoms with Crippen molar-refractivity contribution in [2.45, 2.75) is 25.2 Å². The number of hydrogen-bond donors (Lipinski definition) is 2. The summed E-state index contributed by atoms with van der Waals surface area (Å²) >= 11 is 0. The SMILES string of the molecule is NCC(c1ccccc1)C1(C(N)=O)CCC1. The zero-order valence-corrected chi connectivity index (χ0v) is 9.36. The van der Waals surface area contributed by atoms with E-state index < -0.39 is 5.41 Å². The molecule has 0 spiro atoms.